The Hall–Kier alpha value is -2.63. The zero-order valence-corrected chi connectivity index (χ0v) is 15.5. The Morgan fingerprint density at radius 2 is 1.69 bits per heavy atom. The van der Waals surface area contributed by atoms with Crippen LogP contribution in [0.5, 0.6) is 0 Å². The summed E-state index contributed by atoms with van der Waals surface area (Å²) in [5, 5.41) is 2.72. The first-order chi connectivity index (χ1) is 12.4. The Labute approximate surface area is 153 Å². The standard InChI is InChI=1S/C20H25N3O3/c1-13(2)12-23-19(25)17(18(20(23)26)22-10-4-5-11-22)15-6-8-16(9-7-15)21-14(3)24/h6-9,13H,4-5,10-12H2,1-3H3,(H,21,24). The van der Waals surface area contributed by atoms with Gasteiger partial charge in [0.2, 0.25) is 5.91 Å². The molecule has 1 fully saturated rings. The molecule has 3 amide bonds. The molecule has 26 heavy (non-hydrogen) atoms. The molecule has 6 heteroatoms. The van der Waals surface area contributed by atoms with Crippen molar-refractivity contribution in [2.24, 2.45) is 5.92 Å². The van der Waals surface area contributed by atoms with E-state index >= 15 is 0 Å². The largest absolute Gasteiger partial charge is 0.366 e. The van der Waals surface area contributed by atoms with Gasteiger partial charge in [-0.15, -0.1) is 0 Å². The lowest BCUT2D eigenvalue weighted by Crippen LogP contribution is -2.37. The van der Waals surface area contributed by atoms with Gasteiger partial charge in [0.1, 0.15) is 5.70 Å². The number of hydrogen-bond donors (Lipinski definition) is 1. The van der Waals surface area contributed by atoms with E-state index < -0.39 is 0 Å². The average Bonchev–Trinajstić information content (AvgIpc) is 3.17. The maximum atomic E-state index is 13.0. The van der Waals surface area contributed by atoms with E-state index in [-0.39, 0.29) is 23.6 Å². The first-order valence-corrected chi connectivity index (χ1v) is 9.12. The lowest BCUT2D eigenvalue weighted by molar-refractivity contribution is -0.138. The molecule has 0 aliphatic carbocycles. The van der Waals surface area contributed by atoms with Gasteiger partial charge in [-0.05, 0) is 36.5 Å². The number of imide groups is 1. The molecule has 2 aliphatic heterocycles. The van der Waals surface area contributed by atoms with E-state index in [0.29, 0.717) is 29.1 Å². The van der Waals surface area contributed by atoms with E-state index in [1.807, 2.05) is 18.7 Å². The van der Waals surface area contributed by atoms with Crippen LogP contribution in [0.1, 0.15) is 39.2 Å². The van der Waals surface area contributed by atoms with Gasteiger partial charge in [-0.25, -0.2) is 0 Å². The molecule has 6 nitrogen and oxygen atoms in total. The van der Waals surface area contributed by atoms with Crippen LogP contribution in [-0.4, -0.2) is 47.2 Å². The molecule has 1 N–H and O–H groups in total. The smallest absolute Gasteiger partial charge is 0.277 e. The summed E-state index contributed by atoms with van der Waals surface area (Å²) in [6.07, 6.45) is 2.06. The summed E-state index contributed by atoms with van der Waals surface area (Å²) in [7, 11) is 0. The van der Waals surface area contributed by atoms with Crippen LogP contribution in [0.25, 0.3) is 5.57 Å². The van der Waals surface area contributed by atoms with Gasteiger partial charge in [-0.3, -0.25) is 19.3 Å². The summed E-state index contributed by atoms with van der Waals surface area (Å²) in [4.78, 5) is 40.6. The fourth-order valence-corrected chi connectivity index (χ4v) is 3.51. The number of anilines is 1. The Morgan fingerprint density at radius 3 is 2.23 bits per heavy atom. The number of likely N-dealkylation sites (tertiary alicyclic amines) is 1. The van der Waals surface area contributed by atoms with Crippen LogP contribution in [-0.2, 0) is 14.4 Å². The van der Waals surface area contributed by atoms with Crippen LogP contribution in [0.4, 0.5) is 5.69 Å². The van der Waals surface area contributed by atoms with Crippen molar-refractivity contribution in [3.05, 3.63) is 35.5 Å². The van der Waals surface area contributed by atoms with Crippen molar-refractivity contribution < 1.29 is 14.4 Å². The molecule has 0 radical (unpaired) electrons. The molecule has 0 atom stereocenters. The SMILES string of the molecule is CC(=O)Nc1ccc(C2=C(N3CCCC3)C(=O)N(CC(C)C)C2=O)cc1. The third-order valence-electron chi connectivity index (χ3n) is 4.61. The monoisotopic (exact) mass is 355 g/mol. The lowest BCUT2D eigenvalue weighted by atomic mass is 10.0. The lowest BCUT2D eigenvalue weighted by Gasteiger charge is -2.21. The Kier molecular flexibility index (Phi) is 5.11. The number of nitrogens with zero attached hydrogens (tertiary/aromatic N) is 2. The Bertz CT molecular complexity index is 759. The normalized spacial score (nSPS) is 17.7. The van der Waals surface area contributed by atoms with Crippen molar-refractivity contribution >= 4 is 29.0 Å². The number of hydrogen-bond acceptors (Lipinski definition) is 4. The molecule has 3 rings (SSSR count). The van der Waals surface area contributed by atoms with Gasteiger partial charge in [0.05, 0.1) is 5.57 Å². The van der Waals surface area contributed by atoms with E-state index in [4.69, 9.17) is 0 Å². The van der Waals surface area contributed by atoms with Crippen LogP contribution in [0, 0.1) is 5.92 Å². The number of rotatable bonds is 5. The number of carbonyl (C=O) groups excluding carboxylic acids is 3. The van der Waals surface area contributed by atoms with E-state index in [1.165, 1.54) is 11.8 Å². The van der Waals surface area contributed by atoms with Crippen LogP contribution >= 0.6 is 0 Å². The number of amides is 3. The quantitative estimate of drug-likeness (QED) is 0.824. The van der Waals surface area contributed by atoms with Crippen LogP contribution in [0.15, 0.2) is 30.0 Å². The highest BCUT2D eigenvalue weighted by Crippen LogP contribution is 2.34. The predicted octanol–water partition coefficient (Wildman–Crippen LogP) is 2.48. The third kappa shape index (κ3) is 3.49. The first-order valence-electron chi connectivity index (χ1n) is 9.12. The zero-order valence-electron chi connectivity index (χ0n) is 15.5. The van der Waals surface area contributed by atoms with E-state index in [0.717, 1.165) is 25.9 Å². The van der Waals surface area contributed by atoms with Crippen molar-refractivity contribution in [2.45, 2.75) is 33.6 Å². The van der Waals surface area contributed by atoms with Crippen molar-refractivity contribution in [3.63, 3.8) is 0 Å². The minimum absolute atomic E-state index is 0.148. The molecule has 0 aromatic heterocycles. The molecular formula is C20H25N3O3. The summed E-state index contributed by atoms with van der Waals surface area (Å²) >= 11 is 0. The molecule has 1 saturated heterocycles. The first kappa shape index (κ1) is 18.2. The summed E-state index contributed by atoms with van der Waals surface area (Å²) in [5.41, 5.74) is 2.39. The van der Waals surface area contributed by atoms with E-state index in [9.17, 15) is 14.4 Å². The van der Waals surface area contributed by atoms with Gasteiger partial charge in [-0.2, -0.15) is 0 Å². The van der Waals surface area contributed by atoms with Crippen molar-refractivity contribution in [3.8, 4) is 0 Å². The fourth-order valence-electron chi connectivity index (χ4n) is 3.51. The second kappa shape index (κ2) is 7.32. The van der Waals surface area contributed by atoms with Crippen LogP contribution < -0.4 is 5.32 Å². The van der Waals surface area contributed by atoms with Crippen molar-refractivity contribution in [2.75, 3.05) is 25.0 Å². The number of carbonyl (C=O) groups is 3. The average molecular weight is 355 g/mol. The molecule has 2 aliphatic rings. The van der Waals surface area contributed by atoms with Gasteiger partial charge >= 0.3 is 0 Å². The molecule has 0 bridgehead atoms. The molecule has 0 unspecified atom stereocenters. The highest BCUT2D eigenvalue weighted by molar-refractivity contribution is 6.35. The summed E-state index contributed by atoms with van der Waals surface area (Å²) < 4.78 is 0. The summed E-state index contributed by atoms with van der Waals surface area (Å²) in [5.74, 6) is -0.349. The van der Waals surface area contributed by atoms with Crippen molar-refractivity contribution in [1.82, 2.24) is 9.80 Å². The van der Waals surface area contributed by atoms with Crippen LogP contribution in [0.2, 0.25) is 0 Å². The minimum atomic E-state index is -0.224. The molecule has 0 saturated carbocycles. The summed E-state index contributed by atoms with van der Waals surface area (Å²) in [6.45, 7) is 7.47. The molecule has 2 heterocycles. The van der Waals surface area contributed by atoms with Gasteiger partial charge in [0, 0.05) is 32.2 Å². The van der Waals surface area contributed by atoms with E-state index in [1.54, 1.807) is 24.3 Å². The minimum Gasteiger partial charge on any atom is -0.366 e. The molecule has 0 spiro atoms. The second-order valence-electron chi connectivity index (χ2n) is 7.29. The highest BCUT2D eigenvalue weighted by atomic mass is 16.2. The fraction of sp³-hybridized carbons (Fsp3) is 0.450. The molecule has 138 valence electrons. The Balaban J connectivity index is 1.99. The third-order valence-corrected chi connectivity index (χ3v) is 4.61. The molecule has 1 aromatic carbocycles. The topological polar surface area (TPSA) is 69.7 Å². The van der Waals surface area contributed by atoms with Gasteiger partial charge in [0.15, 0.2) is 0 Å². The van der Waals surface area contributed by atoms with Crippen molar-refractivity contribution in [1.29, 1.82) is 0 Å². The predicted molar refractivity (Wildman–Crippen MR) is 100 cm³/mol. The number of nitrogens with one attached hydrogen (secondary N) is 1. The van der Waals surface area contributed by atoms with Gasteiger partial charge in [0.25, 0.3) is 11.8 Å². The maximum Gasteiger partial charge on any atom is 0.277 e. The highest BCUT2D eigenvalue weighted by Gasteiger charge is 2.42. The second-order valence-corrected chi connectivity index (χ2v) is 7.29. The van der Waals surface area contributed by atoms with Crippen LogP contribution in [0.3, 0.4) is 0 Å². The van der Waals surface area contributed by atoms with Gasteiger partial charge in [-0.1, -0.05) is 26.0 Å². The zero-order chi connectivity index (χ0) is 18.8. The Morgan fingerprint density at radius 1 is 1.08 bits per heavy atom. The summed E-state index contributed by atoms with van der Waals surface area (Å²) in [6, 6.07) is 7.10. The maximum absolute atomic E-state index is 13.0. The van der Waals surface area contributed by atoms with E-state index in [2.05, 4.69) is 5.32 Å². The number of benzene rings is 1. The molecular weight excluding hydrogens is 330 g/mol. The molecule has 1 aromatic rings. The van der Waals surface area contributed by atoms with Gasteiger partial charge < -0.3 is 10.2 Å².